The van der Waals surface area contributed by atoms with E-state index in [1.165, 1.54) is 0 Å². The molecule has 0 radical (unpaired) electrons. The molecule has 0 spiro atoms. The van der Waals surface area contributed by atoms with Crippen LogP contribution in [0.15, 0.2) is 12.1 Å². The molecule has 0 atom stereocenters. The molecule has 0 saturated heterocycles. The number of rotatable bonds is 4. The Balaban J connectivity index is 2.99. The van der Waals surface area contributed by atoms with Crippen molar-refractivity contribution in [1.29, 1.82) is 0 Å². The van der Waals surface area contributed by atoms with Crippen LogP contribution in [0.4, 0.5) is 0 Å². The topological polar surface area (TPSA) is 39.2 Å². The fourth-order valence-electron chi connectivity index (χ4n) is 1.14. The fraction of sp³-hybridized carbons (Fsp3) is 0.455. The van der Waals surface area contributed by atoms with Crippen molar-refractivity contribution in [2.75, 3.05) is 6.61 Å². The maximum absolute atomic E-state index is 11.6. The molecule has 0 bridgehead atoms. The van der Waals surface area contributed by atoms with Gasteiger partial charge in [0.1, 0.15) is 0 Å². The van der Waals surface area contributed by atoms with Crippen molar-refractivity contribution in [2.45, 2.75) is 26.1 Å². The summed E-state index contributed by atoms with van der Waals surface area (Å²) >= 11 is 0.258. The van der Waals surface area contributed by atoms with Crippen LogP contribution in [-0.4, -0.2) is 32.5 Å². The molecule has 0 aliphatic heterocycles. The maximum atomic E-state index is 11.6. The van der Waals surface area contributed by atoms with E-state index >= 15 is 0 Å². The standard InChI is InChI=1S/C11H15NO2Se/c1-4-14-11(13)9-7-6-8(3)12-10(9)15-5-2/h6-7H,4-5H2,1-3H3. The van der Waals surface area contributed by atoms with Crippen molar-refractivity contribution >= 4 is 25.5 Å². The molecule has 1 heterocycles. The number of pyridine rings is 1. The summed E-state index contributed by atoms with van der Waals surface area (Å²) in [4.78, 5) is 16.0. The van der Waals surface area contributed by atoms with Gasteiger partial charge in [-0.1, -0.05) is 0 Å². The summed E-state index contributed by atoms with van der Waals surface area (Å²) in [6.07, 6.45) is 0. The predicted octanol–water partition coefficient (Wildman–Crippen LogP) is 1.33. The zero-order chi connectivity index (χ0) is 11.3. The van der Waals surface area contributed by atoms with Crippen molar-refractivity contribution in [3.05, 3.63) is 23.4 Å². The van der Waals surface area contributed by atoms with E-state index in [1.54, 1.807) is 0 Å². The second-order valence-corrected chi connectivity index (χ2v) is 5.59. The van der Waals surface area contributed by atoms with Crippen LogP contribution >= 0.6 is 0 Å². The molecule has 3 nitrogen and oxygen atoms in total. The van der Waals surface area contributed by atoms with Gasteiger partial charge in [0.05, 0.1) is 0 Å². The van der Waals surface area contributed by atoms with Crippen LogP contribution in [-0.2, 0) is 4.74 Å². The van der Waals surface area contributed by atoms with Gasteiger partial charge in [0, 0.05) is 0 Å². The van der Waals surface area contributed by atoms with Gasteiger partial charge in [-0.15, -0.1) is 0 Å². The summed E-state index contributed by atoms with van der Waals surface area (Å²) in [7, 11) is 0. The number of carbonyl (C=O) groups is 1. The van der Waals surface area contributed by atoms with Crippen LogP contribution in [0, 0.1) is 6.92 Å². The molecular formula is C11H15NO2Se. The van der Waals surface area contributed by atoms with Gasteiger partial charge >= 0.3 is 96.1 Å². The number of aromatic nitrogens is 1. The monoisotopic (exact) mass is 273 g/mol. The molecule has 0 fully saturated rings. The number of nitrogens with zero attached hydrogens (tertiary/aromatic N) is 1. The average Bonchev–Trinajstić information content (AvgIpc) is 2.18. The van der Waals surface area contributed by atoms with Crippen LogP contribution in [0.3, 0.4) is 0 Å². The zero-order valence-corrected chi connectivity index (χ0v) is 11.0. The Morgan fingerprint density at radius 2 is 2.20 bits per heavy atom. The van der Waals surface area contributed by atoms with E-state index in [0.29, 0.717) is 12.2 Å². The molecule has 0 amide bonds. The first-order valence-corrected chi connectivity index (χ1v) is 7.03. The zero-order valence-electron chi connectivity index (χ0n) is 9.24. The van der Waals surface area contributed by atoms with E-state index < -0.39 is 0 Å². The third-order valence-corrected chi connectivity index (χ3v) is 3.61. The Kier molecular flexibility index (Phi) is 4.79. The molecule has 82 valence electrons. The molecule has 0 N–H and O–H groups in total. The van der Waals surface area contributed by atoms with Crippen LogP contribution < -0.4 is 4.59 Å². The molecule has 0 saturated carbocycles. The third kappa shape index (κ3) is 3.33. The molecule has 1 aromatic rings. The van der Waals surface area contributed by atoms with Crippen molar-refractivity contribution in [2.24, 2.45) is 0 Å². The van der Waals surface area contributed by atoms with E-state index in [4.69, 9.17) is 4.74 Å². The normalized spacial score (nSPS) is 10.1. The van der Waals surface area contributed by atoms with Gasteiger partial charge in [0.15, 0.2) is 0 Å². The van der Waals surface area contributed by atoms with Gasteiger partial charge in [-0.25, -0.2) is 0 Å². The molecule has 0 aliphatic carbocycles. The summed E-state index contributed by atoms with van der Waals surface area (Å²) in [5.41, 5.74) is 1.58. The van der Waals surface area contributed by atoms with E-state index in [-0.39, 0.29) is 20.9 Å². The molecule has 0 unspecified atom stereocenters. The molecule has 0 aromatic carbocycles. The van der Waals surface area contributed by atoms with E-state index in [0.717, 1.165) is 15.6 Å². The molecular weight excluding hydrogens is 257 g/mol. The fourth-order valence-corrected chi connectivity index (χ4v) is 2.80. The molecule has 1 aromatic heterocycles. The van der Waals surface area contributed by atoms with Gasteiger partial charge in [0.2, 0.25) is 0 Å². The first-order chi connectivity index (χ1) is 7.19. The van der Waals surface area contributed by atoms with Gasteiger partial charge in [-0.3, -0.25) is 0 Å². The van der Waals surface area contributed by atoms with Crippen molar-refractivity contribution in [3.8, 4) is 0 Å². The Bertz CT molecular complexity index is 352. The van der Waals surface area contributed by atoms with Crippen LogP contribution in [0.25, 0.3) is 0 Å². The Morgan fingerprint density at radius 3 is 2.80 bits per heavy atom. The first kappa shape index (κ1) is 12.2. The number of aryl methyl sites for hydroxylation is 1. The quantitative estimate of drug-likeness (QED) is 0.613. The van der Waals surface area contributed by atoms with Crippen molar-refractivity contribution < 1.29 is 9.53 Å². The molecule has 4 heteroatoms. The first-order valence-electron chi connectivity index (χ1n) is 4.96. The van der Waals surface area contributed by atoms with E-state index in [1.807, 2.05) is 26.0 Å². The molecule has 15 heavy (non-hydrogen) atoms. The third-order valence-electron chi connectivity index (χ3n) is 1.78. The SMILES string of the molecule is CCOC(=O)c1ccc(C)nc1[Se]CC. The summed E-state index contributed by atoms with van der Waals surface area (Å²) in [5.74, 6) is -0.254. The van der Waals surface area contributed by atoms with Gasteiger partial charge < -0.3 is 0 Å². The summed E-state index contributed by atoms with van der Waals surface area (Å²) in [6.45, 7) is 6.25. The van der Waals surface area contributed by atoms with Gasteiger partial charge in [-0.05, 0) is 0 Å². The second-order valence-electron chi connectivity index (χ2n) is 2.96. The number of hydrogen-bond acceptors (Lipinski definition) is 3. The number of esters is 1. The van der Waals surface area contributed by atoms with E-state index in [2.05, 4.69) is 11.9 Å². The molecule has 1 rings (SSSR count). The number of hydrogen-bond donors (Lipinski definition) is 0. The number of ether oxygens (including phenoxy) is 1. The van der Waals surface area contributed by atoms with Gasteiger partial charge in [0.25, 0.3) is 0 Å². The summed E-state index contributed by atoms with van der Waals surface area (Å²) < 4.78 is 5.89. The minimum atomic E-state index is -0.254. The predicted molar refractivity (Wildman–Crippen MR) is 60.8 cm³/mol. The van der Waals surface area contributed by atoms with Gasteiger partial charge in [-0.2, -0.15) is 0 Å². The Hall–Kier alpha value is -0.861. The average molecular weight is 272 g/mol. The van der Waals surface area contributed by atoms with Crippen molar-refractivity contribution in [3.63, 3.8) is 0 Å². The van der Waals surface area contributed by atoms with Crippen molar-refractivity contribution in [1.82, 2.24) is 4.98 Å². The number of carbonyl (C=O) groups excluding carboxylic acids is 1. The summed E-state index contributed by atoms with van der Waals surface area (Å²) in [6, 6.07) is 3.66. The second kappa shape index (κ2) is 5.88. The Morgan fingerprint density at radius 1 is 1.47 bits per heavy atom. The van der Waals surface area contributed by atoms with E-state index in [9.17, 15) is 4.79 Å². The minimum absolute atomic E-state index is 0.254. The summed E-state index contributed by atoms with van der Waals surface area (Å²) in [5, 5.41) is 1.04. The Labute approximate surface area is 96.4 Å². The molecule has 0 aliphatic rings. The van der Waals surface area contributed by atoms with Crippen LogP contribution in [0.1, 0.15) is 29.9 Å². The van der Waals surface area contributed by atoms with Crippen LogP contribution in [0.2, 0.25) is 5.32 Å². The van der Waals surface area contributed by atoms with Crippen LogP contribution in [0.5, 0.6) is 0 Å².